The van der Waals surface area contributed by atoms with E-state index < -0.39 is 11.7 Å². The van der Waals surface area contributed by atoms with Crippen LogP contribution in [0.25, 0.3) is 0 Å². The lowest BCUT2D eigenvalue weighted by molar-refractivity contribution is -0.137. The topological polar surface area (TPSA) is 17.1 Å². The Morgan fingerprint density at radius 1 is 0.947 bits per heavy atom. The Morgan fingerprint density at radius 3 is 2.11 bits per heavy atom. The molecule has 0 saturated carbocycles. The fourth-order valence-electron chi connectivity index (χ4n) is 1.61. The van der Waals surface area contributed by atoms with Gasteiger partial charge in [0.05, 0.1) is 5.56 Å². The summed E-state index contributed by atoms with van der Waals surface area (Å²) in [4.78, 5) is 12.0. The van der Waals surface area contributed by atoms with E-state index in [0.717, 1.165) is 24.3 Å². The molecule has 0 aliphatic heterocycles. The van der Waals surface area contributed by atoms with Gasteiger partial charge in [0.25, 0.3) is 0 Å². The van der Waals surface area contributed by atoms with E-state index in [1.54, 1.807) is 18.2 Å². The molecule has 0 saturated heterocycles. The van der Waals surface area contributed by atoms with Gasteiger partial charge < -0.3 is 0 Å². The van der Waals surface area contributed by atoms with Crippen LogP contribution in [0.5, 0.6) is 0 Å². The second-order valence-electron chi connectivity index (χ2n) is 3.91. The molecule has 2 aromatic rings. The van der Waals surface area contributed by atoms with Gasteiger partial charge in [0.15, 0.2) is 5.78 Å². The number of carbonyl (C=O) groups excluding carboxylic acids is 1. The standard InChI is InChI=1S/C14H8ClF3O/c15-12-3-1-2-10(8-12)13(19)9-4-6-11(7-5-9)14(16,17)18/h1-8H. The molecular weight excluding hydrogens is 277 g/mol. The molecule has 1 nitrogen and oxygen atoms in total. The van der Waals surface area contributed by atoms with Crippen molar-refractivity contribution < 1.29 is 18.0 Å². The van der Waals surface area contributed by atoms with Crippen LogP contribution < -0.4 is 0 Å². The Kier molecular flexibility index (Phi) is 3.62. The molecule has 0 N–H and O–H groups in total. The molecule has 0 atom stereocenters. The first-order valence-electron chi connectivity index (χ1n) is 5.35. The first-order valence-corrected chi connectivity index (χ1v) is 5.73. The molecule has 0 bridgehead atoms. The molecule has 0 aromatic heterocycles. The van der Waals surface area contributed by atoms with E-state index >= 15 is 0 Å². The van der Waals surface area contributed by atoms with Crippen molar-refractivity contribution in [2.24, 2.45) is 0 Å². The van der Waals surface area contributed by atoms with Gasteiger partial charge in [0.2, 0.25) is 0 Å². The summed E-state index contributed by atoms with van der Waals surface area (Å²) in [5.74, 6) is -0.365. The maximum atomic E-state index is 12.4. The number of carbonyl (C=O) groups is 1. The SMILES string of the molecule is O=C(c1ccc(C(F)(F)F)cc1)c1cccc(Cl)c1. The predicted molar refractivity (Wildman–Crippen MR) is 66.3 cm³/mol. The molecule has 0 fully saturated rings. The summed E-state index contributed by atoms with van der Waals surface area (Å²) < 4.78 is 37.2. The van der Waals surface area contributed by atoms with Crippen LogP contribution in [0.1, 0.15) is 21.5 Å². The quantitative estimate of drug-likeness (QED) is 0.737. The highest BCUT2D eigenvalue weighted by Crippen LogP contribution is 2.29. The van der Waals surface area contributed by atoms with Gasteiger partial charge in [-0.15, -0.1) is 0 Å². The third-order valence-electron chi connectivity index (χ3n) is 2.56. The normalized spacial score (nSPS) is 11.4. The molecule has 2 rings (SSSR count). The van der Waals surface area contributed by atoms with Crippen molar-refractivity contribution in [1.29, 1.82) is 0 Å². The van der Waals surface area contributed by atoms with Crippen molar-refractivity contribution in [2.75, 3.05) is 0 Å². The predicted octanol–water partition coefficient (Wildman–Crippen LogP) is 4.59. The first-order chi connectivity index (χ1) is 8.88. The lowest BCUT2D eigenvalue weighted by atomic mass is 10.0. The number of ketones is 1. The Labute approximate surface area is 112 Å². The van der Waals surface area contributed by atoms with Gasteiger partial charge in [0, 0.05) is 16.1 Å². The molecule has 0 aliphatic rings. The zero-order valence-electron chi connectivity index (χ0n) is 9.54. The average Bonchev–Trinajstić information content (AvgIpc) is 2.37. The third-order valence-corrected chi connectivity index (χ3v) is 2.80. The molecule has 0 spiro atoms. The van der Waals surface area contributed by atoms with Gasteiger partial charge in [-0.3, -0.25) is 4.79 Å². The summed E-state index contributed by atoms with van der Waals surface area (Å²) in [5.41, 5.74) is -0.252. The van der Waals surface area contributed by atoms with Gasteiger partial charge in [0.1, 0.15) is 0 Å². The minimum atomic E-state index is -4.41. The molecule has 2 aromatic carbocycles. The maximum Gasteiger partial charge on any atom is 0.416 e. The van der Waals surface area contributed by atoms with Gasteiger partial charge >= 0.3 is 6.18 Å². The molecular formula is C14H8ClF3O. The number of benzene rings is 2. The van der Waals surface area contributed by atoms with Crippen molar-refractivity contribution in [1.82, 2.24) is 0 Å². The largest absolute Gasteiger partial charge is 0.416 e. The van der Waals surface area contributed by atoms with Crippen molar-refractivity contribution >= 4 is 17.4 Å². The molecule has 0 aliphatic carbocycles. The Hall–Kier alpha value is -1.81. The molecule has 0 amide bonds. The summed E-state index contributed by atoms with van der Waals surface area (Å²) in [6, 6.07) is 10.4. The molecule has 5 heteroatoms. The van der Waals surface area contributed by atoms with Crippen LogP contribution in [-0.4, -0.2) is 5.78 Å². The summed E-state index contributed by atoms with van der Waals surface area (Å²) in [6.07, 6.45) is -4.41. The highest BCUT2D eigenvalue weighted by Gasteiger charge is 2.30. The minimum absolute atomic E-state index is 0.190. The van der Waals surface area contributed by atoms with E-state index in [2.05, 4.69) is 0 Å². The highest BCUT2D eigenvalue weighted by molar-refractivity contribution is 6.31. The summed E-state index contributed by atoms with van der Waals surface area (Å²) >= 11 is 5.76. The second-order valence-corrected chi connectivity index (χ2v) is 4.35. The number of alkyl halides is 3. The van der Waals surface area contributed by atoms with E-state index in [9.17, 15) is 18.0 Å². The first kappa shape index (κ1) is 13.6. The molecule has 0 unspecified atom stereocenters. The number of hydrogen-bond donors (Lipinski definition) is 0. The number of halogens is 4. The number of hydrogen-bond acceptors (Lipinski definition) is 1. The van der Waals surface area contributed by atoms with Crippen molar-refractivity contribution in [3.05, 3.63) is 70.2 Å². The Balaban J connectivity index is 2.30. The van der Waals surface area contributed by atoms with Crippen LogP contribution in [0.15, 0.2) is 48.5 Å². The van der Waals surface area contributed by atoms with Gasteiger partial charge in [-0.2, -0.15) is 13.2 Å². The van der Waals surface area contributed by atoms with E-state index in [4.69, 9.17) is 11.6 Å². The average molecular weight is 285 g/mol. The monoisotopic (exact) mass is 284 g/mol. The van der Waals surface area contributed by atoms with E-state index in [-0.39, 0.29) is 11.3 Å². The van der Waals surface area contributed by atoms with Crippen molar-refractivity contribution in [3.8, 4) is 0 Å². The number of rotatable bonds is 2. The smallest absolute Gasteiger partial charge is 0.289 e. The lowest BCUT2D eigenvalue weighted by Gasteiger charge is -2.07. The zero-order chi connectivity index (χ0) is 14.0. The second kappa shape index (κ2) is 5.05. The fourth-order valence-corrected chi connectivity index (χ4v) is 1.80. The molecule has 19 heavy (non-hydrogen) atoms. The van der Waals surface area contributed by atoms with Crippen LogP contribution in [0.4, 0.5) is 13.2 Å². The van der Waals surface area contributed by atoms with Crippen LogP contribution in [0, 0.1) is 0 Å². The van der Waals surface area contributed by atoms with Crippen molar-refractivity contribution in [3.63, 3.8) is 0 Å². The van der Waals surface area contributed by atoms with Crippen LogP contribution >= 0.6 is 11.6 Å². The van der Waals surface area contributed by atoms with Gasteiger partial charge in [-0.05, 0) is 24.3 Å². The lowest BCUT2D eigenvalue weighted by Crippen LogP contribution is -2.06. The van der Waals surface area contributed by atoms with Crippen LogP contribution in [-0.2, 0) is 6.18 Å². The maximum absolute atomic E-state index is 12.4. The van der Waals surface area contributed by atoms with Gasteiger partial charge in [-0.25, -0.2) is 0 Å². The zero-order valence-corrected chi connectivity index (χ0v) is 10.3. The third kappa shape index (κ3) is 3.15. The van der Waals surface area contributed by atoms with E-state index in [0.29, 0.717) is 10.6 Å². The van der Waals surface area contributed by atoms with E-state index in [1.165, 1.54) is 6.07 Å². The van der Waals surface area contributed by atoms with E-state index in [1.807, 2.05) is 0 Å². The summed E-state index contributed by atoms with van der Waals surface area (Å²) in [7, 11) is 0. The molecule has 98 valence electrons. The minimum Gasteiger partial charge on any atom is -0.289 e. The van der Waals surface area contributed by atoms with Crippen molar-refractivity contribution in [2.45, 2.75) is 6.18 Å². The summed E-state index contributed by atoms with van der Waals surface area (Å²) in [6.45, 7) is 0. The fraction of sp³-hybridized carbons (Fsp3) is 0.0714. The Bertz CT molecular complexity index is 603. The highest BCUT2D eigenvalue weighted by atomic mass is 35.5. The Morgan fingerprint density at radius 2 is 1.58 bits per heavy atom. The van der Waals surface area contributed by atoms with Crippen LogP contribution in [0.3, 0.4) is 0 Å². The van der Waals surface area contributed by atoms with Gasteiger partial charge in [-0.1, -0.05) is 35.9 Å². The summed E-state index contributed by atoms with van der Waals surface area (Å²) in [5, 5.41) is 0.401. The molecule has 0 radical (unpaired) electrons. The molecule has 0 heterocycles. The van der Waals surface area contributed by atoms with Crippen LogP contribution in [0.2, 0.25) is 5.02 Å².